The summed E-state index contributed by atoms with van der Waals surface area (Å²) in [6, 6.07) is 0. The van der Waals surface area contributed by atoms with Crippen molar-refractivity contribution in [3.63, 3.8) is 0 Å². The molecule has 2 atom stereocenters. The second kappa shape index (κ2) is 57.4. The number of phosphoric ester groups is 1. The van der Waals surface area contributed by atoms with Crippen molar-refractivity contribution in [3.8, 4) is 0 Å². The summed E-state index contributed by atoms with van der Waals surface area (Å²) in [6.07, 6.45) is 74.2. The average molecular weight is 1090 g/mol. The maximum atomic E-state index is 12.8. The SMILES string of the molecule is CCCCCCC/C=C\C/C=C\C/C=C\CCCCCCCCCCCCCCCCCCC(=O)OC(COC(=O)CCCCCCCCCCC/C=C\C/C=C\CCCCCCC)COP(=O)([O-])OCC[N+](C)(C)C. The first-order chi connectivity index (χ1) is 37.0. The molecule has 9 nitrogen and oxygen atoms in total. The summed E-state index contributed by atoms with van der Waals surface area (Å²) in [5.41, 5.74) is 0. The van der Waals surface area contributed by atoms with Gasteiger partial charge in [0.05, 0.1) is 27.7 Å². The molecule has 0 radical (unpaired) electrons. The second-order valence-electron chi connectivity index (χ2n) is 22.8. The molecule has 0 N–H and O–H groups in total. The Morgan fingerprint density at radius 1 is 0.408 bits per heavy atom. The highest BCUT2D eigenvalue weighted by Crippen LogP contribution is 2.38. The van der Waals surface area contributed by atoms with Crippen LogP contribution in [0.4, 0.5) is 0 Å². The van der Waals surface area contributed by atoms with Gasteiger partial charge in [0.2, 0.25) is 0 Å². The molecular formula is C66H122NO8P. The van der Waals surface area contributed by atoms with E-state index in [2.05, 4.69) is 74.6 Å². The lowest BCUT2D eigenvalue weighted by Crippen LogP contribution is -2.37. The lowest BCUT2D eigenvalue weighted by atomic mass is 10.0. The number of unbranched alkanes of at least 4 members (excludes halogenated alkanes) is 35. The van der Waals surface area contributed by atoms with Crippen molar-refractivity contribution in [2.45, 2.75) is 302 Å². The third kappa shape index (κ3) is 60.9. The van der Waals surface area contributed by atoms with Gasteiger partial charge >= 0.3 is 11.9 Å². The van der Waals surface area contributed by atoms with Crippen molar-refractivity contribution in [2.75, 3.05) is 47.5 Å². The van der Waals surface area contributed by atoms with E-state index in [1.165, 1.54) is 205 Å². The molecule has 0 aliphatic rings. The van der Waals surface area contributed by atoms with Gasteiger partial charge in [-0.15, -0.1) is 0 Å². The Labute approximate surface area is 470 Å². The maximum absolute atomic E-state index is 12.8. The molecule has 0 amide bonds. The first-order valence-corrected chi connectivity index (χ1v) is 33.5. The molecule has 0 saturated carbocycles. The number of nitrogens with zero attached hydrogens (tertiary/aromatic N) is 1. The Bertz CT molecular complexity index is 1470. The number of rotatable bonds is 59. The normalized spacial score (nSPS) is 13.6. The zero-order valence-corrected chi connectivity index (χ0v) is 51.3. The van der Waals surface area contributed by atoms with Crippen LogP contribution in [0, 0.1) is 0 Å². The van der Waals surface area contributed by atoms with Crippen LogP contribution in [0.3, 0.4) is 0 Å². The highest BCUT2D eigenvalue weighted by atomic mass is 31.2. The molecule has 0 spiro atoms. The highest BCUT2D eigenvalue weighted by Gasteiger charge is 2.22. The molecule has 444 valence electrons. The Morgan fingerprint density at radius 3 is 1.05 bits per heavy atom. The Hall–Kier alpha value is -2.29. The summed E-state index contributed by atoms with van der Waals surface area (Å²) >= 11 is 0. The van der Waals surface area contributed by atoms with Gasteiger partial charge in [0.25, 0.3) is 7.82 Å². The van der Waals surface area contributed by atoms with Crippen LogP contribution in [-0.4, -0.2) is 70.0 Å². The van der Waals surface area contributed by atoms with Crippen molar-refractivity contribution >= 4 is 19.8 Å². The minimum Gasteiger partial charge on any atom is -0.756 e. The summed E-state index contributed by atoms with van der Waals surface area (Å²) in [4.78, 5) is 38.0. The predicted octanol–water partition coefficient (Wildman–Crippen LogP) is 19.6. The van der Waals surface area contributed by atoms with Crippen LogP contribution >= 0.6 is 7.82 Å². The Kier molecular flexibility index (Phi) is 55.7. The fraction of sp³-hybridized carbons (Fsp3) is 0.818. The maximum Gasteiger partial charge on any atom is 0.306 e. The van der Waals surface area contributed by atoms with E-state index < -0.39 is 26.5 Å². The monoisotopic (exact) mass is 1090 g/mol. The number of esters is 2. The number of carbonyl (C=O) groups is 2. The van der Waals surface area contributed by atoms with Crippen molar-refractivity contribution in [1.29, 1.82) is 0 Å². The Balaban J connectivity index is 4.08. The van der Waals surface area contributed by atoms with Crippen LogP contribution in [0.15, 0.2) is 60.8 Å². The van der Waals surface area contributed by atoms with Crippen LogP contribution in [-0.2, 0) is 32.7 Å². The molecule has 2 unspecified atom stereocenters. The van der Waals surface area contributed by atoms with E-state index in [4.69, 9.17) is 18.5 Å². The molecule has 0 aliphatic heterocycles. The Morgan fingerprint density at radius 2 is 0.711 bits per heavy atom. The van der Waals surface area contributed by atoms with Gasteiger partial charge in [-0.25, -0.2) is 0 Å². The smallest absolute Gasteiger partial charge is 0.306 e. The molecule has 10 heteroatoms. The molecule has 0 bridgehead atoms. The lowest BCUT2D eigenvalue weighted by molar-refractivity contribution is -0.870. The summed E-state index contributed by atoms with van der Waals surface area (Å²) in [6.45, 7) is 4.25. The van der Waals surface area contributed by atoms with Gasteiger partial charge in [0.15, 0.2) is 6.10 Å². The molecule has 0 aromatic carbocycles. The second-order valence-corrected chi connectivity index (χ2v) is 24.2. The topological polar surface area (TPSA) is 111 Å². The first kappa shape index (κ1) is 73.7. The van der Waals surface area contributed by atoms with Gasteiger partial charge in [-0.3, -0.25) is 14.2 Å². The third-order valence-electron chi connectivity index (χ3n) is 14.0. The van der Waals surface area contributed by atoms with Gasteiger partial charge in [-0.05, 0) is 83.5 Å². The van der Waals surface area contributed by atoms with Crippen LogP contribution in [0.25, 0.3) is 0 Å². The van der Waals surface area contributed by atoms with E-state index in [0.717, 1.165) is 57.8 Å². The van der Waals surface area contributed by atoms with Crippen molar-refractivity contribution in [3.05, 3.63) is 60.8 Å². The molecule has 0 rings (SSSR count). The van der Waals surface area contributed by atoms with Gasteiger partial charge in [-0.1, -0.05) is 261 Å². The lowest BCUT2D eigenvalue weighted by Gasteiger charge is -2.28. The number of phosphoric acid groups is 1. The zero-order valence-electron chi connectivity index (χ0n) is 50.5. The fourth-order valence-corrected chi connectivity index (χ4v) is 9.78. The fourth-order valence-electron chi connectivity index (χ4n) is 9.05. The van der Waals surface area contributed by atoms with Crippen LogP contribution in [0.1, 0.15) is 296 Å². The summed E-state index contributed by atoms with van der Waals surface area (Å²) in [5.74, 6) is -0.829. The van der Waals surface area contributed by atoms with Crippen molar-refractivity contribution in [1.82, 2.24) is 0 Å². The minimum absolute atomic E-state index is 0.0320. The van der Waals surface area contributed by atoms with E-state index >= 15 is 0 Å². The zero-order chi connectivity index (χ0) is 55.6. The van der Waals surface area contributed by atoms with E-state index in [0.29, 0.717) is 17.4 Å². The molecule has 0 saturated heterocycles. The van der Waals surface area contributed by atoms with Crippen LogP contribution in [0.2, 0.25) is 0 Å². The number of allylic oxidation sites excluding steroid dienone is 10. The summed E-state index contributed by atoms with van der Waals surface area (Å²) in [5, 5.41) is 0. The standard InChI is InChI=1S/C66H122NO8P/c1-6-8-10-12-14-16-18-20-22-24-26-28-29-30-31-32-33-34-35-36-37-39-41-43-45-47-49-51-53-55-57-59-66(69)75-64(63-74-76(70,71)73-61-60-67(3,4)5)62-72-65(68)58-56-54-52-50-48-46-44-42-40-38-27-25-23-21-19-17-15-13-11-9-7-2/h18-21,24-27,29-30,64H,6-17,22-23,28,31-63H2,1-5H3/b20-18-,21-19-,26-24-,27-25-,30-29-. The largest absolute Gasteiger partial charge is 0.756 e. The van der Waals surface area contributed by atoms with Gasteiger partial charge in [0, 0.05) is 12.8 Å². The first-order valence-electron chi connectivity index (χ1n) is 32.0. The third-order valence-corrected chi connectivity index (χ3v) is 15.0. The van der Waals surface area contributed by atoms with E-state index in [9.17, 15) is 19.0 Å². The molecule has 0 heterocycles. The molecule has 0 aromatic heterocycles. The average Bonchev–Trinajstić information content (AvgIpc) is 3.38. The summed E-state index contributed by atoms with van der Waals surface area (Å²) in [7, 11) is 1.17. The van der Waals surface area contributed by atoms with Gasteiger partial charge in [-0.2, -0.15) is 0 Å². The number of ether oxygens (including phenoxy) is 2. The summed E-state index contributed by atoms with van der Waals surface area (Å²) < 4.78 is 34.2. The van der Waals surface area contributed by atoms with Crippen molar-refractivity contribution in [2.24, 2.45) is 0 Å². The number of hydrogen-bond acceptors (Lipinski definition) is 8. The van der Waals surface area contributed by atoms with Gasteiger partial charge < -0.3 is 27.9 Å². The van der Waals surface area contributed by atoms with E-state index in [1.54, 1.807) is 0 Å². The van der Waals surface area contributed by atoms with E-state index in [-0.39, 0.29) is 32.0 Å². The molecular weight excluding hydrogens is 966 g/mol. The molecule has 76 heavy (non-hydrogen) atoms. The minimum atomic E-state index is -4.64. The number of hydrogen-bond donors (Lipinski definition) is 0. The van der Waals surface area contributed by atoms with Crippen LogP contribution in [0.5, 0.6) is 0 Å². The van der Waals surface area contributed by atoms with E-state index in [1.807, 2.05) is 21.1 Å². The molecule has 0 aromatic rings. The quantitative estimate of drug-likeness (QED) is 0.0195. The van der Waals surface area contributed by atoms with Crippen molar-refractivity contribution < 1.29 is 42.1 Å². The molecule has 0 aliphatic carbocycles. The number of likely N-dealkylation sites (N-methyl/N-ethyl adjacent to an activating group) is 1. The van der Waals surface area contributed by atoms with Crippen LogP contribution < -0.4 is 4.89 Å². The number of carbonyl (C=O) groups excluding carboxylic acids is 2. The predicted molar refractivity (Wildman–Crippen MR) is 323 cm³/mol. The molecule has 0 fully saturated rings. The number of quaternary nitrogens is 1. The highest BCUT2D eigenvalue weighted by molar-refractivity contribution is 7.45. The van der Waals surface area contributed by atoms with Gasteiger partial charge in [0.1, 0.15) is 19.8 Å².